The third-order valence-corrected chi connectivity index (χ3v) is 3.77. The van der Waals surface area contributed by atoms with Crippen LogP contribution < -0.4 is 15.4 Å². The molecule has 6 nitrogen and oxygen atoms in total. The monoisotopic (exact) mass is 490 g/mol. The number of benzene rings is 1. The maximum absolute atomic E-state index is 12.8. The highest BCUT2D eigenvalue weighted by molar-refractivity contribution is 14.0. The van der Waals surface area contributed by atoms with Gasteiger partial charge in [-0.1, -0.05) is 19.0 Å². The van der Waals surface area contributed by atoms with E-state index in [0.717, 1.165) is 30.8 Å². The van der Waals surface area contributed by atoms with Crippen LogP contribution in [0, 0.1) is 5.82 Å². The van der Waals surface area contributed by atoms with Gasteiger partial charge in [0, 0.05) is 19.7 Å². The Labute approximate surface area is 177 Å². The number of aromatic nitrogens is 1. The van der Waals surface area contributed by atoms with Crippen molar-refractivity contribution in [2.24, 2.45) is 4.99 Å². The summed E-state index contributed by atoms with van der Waals surface area (Å²) >= 11 is 0. The smallest absolute Gasteiger partial charge is 0.191 e. The Kier molecular flexibility index (Phi) is 10.8. The highest BCUT2D eigenvalue weighted by Crippen LogP contribution is 2.13. The van der Waals surface area contributed by atoms with Crippen molar-refractivity contribution in [1.82, 2.24) is 15.8 Å². The van der Waals surface area contributed by atoms with Crippen LogP contribution in [0.1, 0.15) is 44.1 Å². The van der Waals surface area contributed by atoms with E-state index in [4.69, 9.17) is 9.26 Å². The maximum atomic E-state index is 12.8. The first-order valence-corrected chi connectivity index (χ1v) is 8.87. The summed E-state index contributed by atoms with van der Waals surface area (Å²) in [6, 6.07) is 8.01. The average molecular weight is 490 g/mol. The second-order valence-corrected chi connectivity index (χ2v) is 6.23. The fourth-order valence-electron chi connectivity index (χ4n) is 2.23. The summed E-state index contributed by atoms with van der Waals surface area (Å²) in [6.45, 7) is 6.06. The van der Waals surface area contributed by atoms with Gasteiger partial charge in [0.2, 0.25) is 0 Å². The molecule has 0 fully saturated rings. The van der Waals surface area contributed by atoms with E-state index in [-0.39, 0.29) is 29.8 Å². The summed E-state index contributed by atoms with van der Waals surface area (Å²) in [4.78, 5) is 4.18. The van der Waals surface area contributed by atoms with Crippen LogP contribution in [0.5, 0.6) is 5.75 Å². The minimum absolute atomic E-state index is 0. The Bertz CT molecular complexity index is 689. The predicted octanol–water partition coefficient (Wildman–Crippen LogP) is 4.08. The van der Waals surface area contributed by atoms with Gasteiger partial charge in [-0.15, -0.1) is 24.0 Å². The highest BCUT2D eigenvalue weighted by atomic mass is 127. The highest BCUT2D eigenvalue weighted by Gasteiger charge is 2.08. The van der Waals surface area contributed by atoms with E-state index in [1.165, 1.54) is 12.1 Å². The number of nitrogens with one attached hydrogen (secondary N) is 2. The van der Waals surface area contributed by atoms with Gasteiger partial charge in [0.25, 0.3) is 0 Å². The van der Waals surface area contributed by atoms with Gasteiger partial charge in [0.1, 0.15) is 11.6 Å². The van der Waals surface area contributed by atoms with E-state index >= 15 is 0 Å². The molecule has 0 aliphatic carbocycles. The molecule has 1 heterocycles. The van der Waals surface area contributed by atoms with Gasteiger partial charge in [-0.25, -0.2) is 4.39 Å². The van der Waals surface area contributed by atoms with Crippen molar-refractivity contribution >= 4 is 29.9 Å². The van der Waals surface area contributed by atoms with Gasteiger partial charge in [-0.3, -0.25) is 4.99 Å². The van der Waals surface area contributed by atoms with Gasteiger partial charge < -0.3 is 19.9 Å². The summed E-state index contributed by atoms with van der Waals surface area (Å²) in [5.41, 5.74) is 0.950. The van der Waals surface area contributed by atoms with Crippen LogP contribution in [0.3, 0.4) is 0 Å². The zero-order chi connectivity index (χ0) is 18.8. The van der Waals surface area contributed by atoms with E-state index in [1.54, 1.807) is 19.2 Å². The molecule has 1 aromatic carbocycles. The van der Waals surface area contributed by atoms with Gasteiger partial charge in [-0.05, 0) is 43.0 Å². The van der Waals surface area contributed by atoms with E-state index in [2.05, 4.69) is 34.6 Å². The van der Waals surface area contributed by atoms with Crippen molar-refractivity contribution in [3.8, 4) is 5.75 Å². The normalized spacial score (nSPS) is 11.2. The molecule has 0 bridgehead atoms. The molecule has 2 rings (SSSR count). The summed E-state index contributed by atoms with van der Waals surface area (Å²) in [5, 5.41) is 10.5. The lowest BCUT2D eigenvalue weighted by atomic mass is 10.1. The molecule has 0 aliphatic heterocycles. The number of nitrogens with zero attached hydrogens (tertiary/aromatic N) is 2. The van der Waals surface area contributed by atoms with Crippen molar-refractivity contribution in [3.05, 3.63) is 47.6 Å². The molecule has 2 N–H and O–H groups in total. The largest absolute Gasteiger partial charge is 0.494 e. The number of unbranched alkanes of at least 4 members (excludes halogenated alkanes) is 1. The van der Waals surface area contributed by atoms with Crippen LogP contribution in [0.15, 0.2) is 39.8 Å². The molecule has 0 saturated heterocycles. The molecule has 0 aliphatic rings. The van der Waals surface area contributed by atoms with Crippen LogP contribution >= 0.6 is 24.0 Å². The molecule has 0 amide bonds. The SMILES string of the molecule is CN=C(NCCCCOc1ccc(F)cc1)NCc1cc(C(C)C)no1.I. The minimum Gasteiger partial charge on any atom is -0.494 e. The fourth-order valence-corrected chi connectivity index (χ4v) is 2.23. The molecule has 2 aromatic rings. The number of guanidine groups is 1. The number of hydrogen-bond donors (Lipinski definition) is 2. The number of halogens is 2. The summed E-state index contributed by atoms with van der Waals surface area (Å²) in [5.74, 6) is 2.27. The summed E-state index contributed by atoms with van der Waals surface area (Å²) < 4.78 is 23.7. The van der Waals surface area contributed by atoms with E-state index in [9.17, 15) is 4.39 Å². The maximum Gasteiger partial charge on any atom is 0.191 e. The van der Waals surface area contributed by atoms with E-state index in [1.807, 2.05) is 6.07 Å². The Hall–Kier alpha value is -1.84. The minimum atomic E-state index is -0.258. The zero-order valence-electron chi connectivity index (χ0n) is 16.0. The lowest BCUT2D eigenvalue weighted by Crippen LogP contribution is -2.37. The van der Waals surface area contributed by atoms with Crippen LogP contribution in [-0.4, -0.2) is 31.3 Å². The first-order chi connectivity index (χ1) is 12.6. The van der Waals surface area contributed by atoms with Crippen molar-refractivity contribution in [2.75, 3.05) is 20.2 Å². The Balaban J connectivity index is 0.00000364. The number of aliphatic imine (C=N–C) groups is 1. The van der Waals surface area contributed by atoms with Gasteiger partial charge >= 0.3 is 0 Å². The van der Waals surface area contributed by atoms with Crippen LogP contribution in [0.25, 0.3) is 0 Å². The Morgan fingerprint density at radius 3 is 2.59 bits per heavy atom. The van der Waals surface area contributed by atoms with Crippen LogP contribution in [0.2, 0.25) is 0 Å². The third-order valence-electron chi connectivity index (χ3n) is 3.77. The van der Waals surface area contributed by atoms with Crippen molar-refractivity contribution in [3.63, 3.8) is 0 Å². The molecular weight excluding hydrogens is 462 g/mol. The van der Waals surface area contributed by atoms with E-state index in [0.29, 0.717) is 30.8 Å². The first-order valence-electron chi connectivity index (χ1n) is 8.87. The number of hydrogen-bond acceptors (Lipinski definition) is 4. The molecule has 0 saturated carbocycles. The third kappa shape index (κ3) is 8.59. The van der Waals surface area contributed by atoms with Crippen molar-refractivity contribution in [1.29, 1.82) is 0 Å². The second-order valence-electron chi connectivity index (χ2n) is 6.23. The molecule has 0 unspecified atom stereocenters. The topological polar surface area (TPSA) is 71.7 Å². The quantitative estimate of drug-likeness (QED) is 0.240. The van der Waals surface area contributed by atoms with Crippen molar-refractivity contribution in [2.45, 2.75) is 39.2 Å². The predicted molar refractivity (Wildman–Crippen MR) is 115 cm³/mol. The Morgan fingerprint density at radius 2 is 1.96 bits per heavy atom. The molecular formula is C19H28FIN4O2. The summed E-state index contributed by atoms with van der Waals surface area (Å²) in [6.07, 6.45) is 1.82. The van der Waals surface area contributed by atoms with Crippen molar-refractivity contribution < 1.29 is 13.7 Å². The number of rotatable bonds is 9. The molecule has 150 valence electrons. The van der Waals surface area contributed by atoms with E-state index < -0.39 is 0 Å². The lowest BCUT2D eigenvalue weighted by molar-refractivity contribution is 0.306. The molecule has 27 heavy (non-hydrogen) atoms. The Morgan fingerprint density at radius 1 is 1.22 bits per heavy atom. The molecule has 0 atom stereocenters. The second kappa shape index (κ2) is 12.5. The zero-order valence-corrected chi connectivity index (χ0v) is 18.3. The standard InChI is InChI=1S/C19H27FN4O2.HI/c1-14(2)18-12-17(26-24-18)13-23-19(21-3)22-10-4-5-11-25-16-8-6-15(20)7-9-16;/h6-9,12,14H,4-5,10-11,13H2,1-3H3,(H2,21,22,23);1H. The lowest BCUT2D eigenvalue weighted by Gasteiger charge is -2.11. The van der Waals surface area contributed by atoms with Gasteiger partial charge in [0.05, 0.1) is 18.8 Å². The average Bonchev–Trinajstić information content (AvgIpc) is 3.11. The first kappa shape index (κ1) is 23.2. The van der Waals surface area contributed by atoms with Crippen LogP contribution in [-0.2, 0) is 6.54 Å². The van der Waals surface area contributed by atoms with Crippen LogP contribution in [0.4, 0.5) is 4.39 Å². The molecule has 1 aromatic heterocycles. The number of ether oxygens (including phenoxy) is 1. The van der Waals surface area contributed by atoms with Gasteiger partial charge in [0.15, 0.2) is 11.7 Å². The fraction of sp³-hybridized carbons (Fsp3) is 0.474. The molecule has 0 spiro atoms. The molecule has 0 radical (unpaired) electrons. The summed E-state index contributed by atoms with van der Waals surface area (Å²) in [7, 11) is 1.73. The van der Waals surface area contributed by atoms with Gasteiger partial charge in [-0.2, -0.15) is 0 Å². The molecule has 8 heteroatoms.